The zero-order valence-electron chi connectivity index (χ0n) is 15.1. The van der Waals surface area contributed by atoms with Crippen LogP contribution < -0.4 is 11.1 Å². The van der Waals surface area contributed by atoms with E-state index in [1.165, 1.54) is 12.1 Å². The topological polar surface area (TPSA) is 64.4 Å². The predicted molar refractivity (Wildman–Crippen MR) is 101 cm³/mol. The average Bonchev–Trinajstić information content (AvgIpc) is 2.63. The zero-order valence-corrected chi connectivity index (χ0v) is 15.9. The fourth-order valence-electron chi connectivity index (χ4n) is 4.34. The summed E-state index contributed by atoms with van der Waals surface area (Å²) in [5, 5.41) is 3.96. The van der Waals surface area contributed by atoms with Crippen LogP contribution in [0.4, 0.5) is 4.39 Å². The standard InChI is InChI=1S/C20H28ClFN2O2/c21-18-13-16(22)5-6-17(18)15-3-1-14(2-4-15)7-10-24-20(19(23)25)8-11-26-12-9-20/h5-6,13-15,24H,1-4,7-12H2,(H2,23,25)/t14-,15-. The van der Waals surface area contributed by atoms with Crippen molar-refractivity contribution in [1.82, 2.24) is 5.32 Å². The lowest BCUT2D eigenvalue weighted by atomic mass is 9.77. The van der Waals surface area contributed by atoms with Crippen molar-refractivity contribution >= 4 is 17.5 Å². The molecule has 1 aromatic carbocycles. The van der Waals surface area contributed by atoms with Gasteiger partial charge in [-0.15, -0.1) is 0 Å². The number of hydrogen-bond donors (Lipinski definition) is 2. The predicted octanol–water partition coefficient (Wildman–Crippen LogP) is 3.77. The normalized spacial score (nSPS) is 25.8. The SMILES string of the molecule is NC(=O)C1(NCC[C@H]2CC[C@H](c3ccc(F)cc3Cl)CC2)CCOCC1. The lowest BCUT2D eigenvalue weighted by Gasteiger charge is -2.36. The molecule has 1 amide bonds. The zero-order chi connectivity index (χ0) is 18.6. The van der Waals surface area contributed by atoms with Crippen molar-refractivity contribution in [3.63, 3.8) is 0 Å². The Hall–Kier alpha value is -1.17. The highest BCUT2D eigenvalue weighted by Gasteiger charge is 2.38. The van der Waals surface area contributed by atoms with Crippen LogP contribution in [0.2, 0.25) is 5.02 Å². The average molecular weight is 383 g/mol. The molecule has 1 aromatic rings. The van der Waals surface area contributed by atoms with E-state index in [1.807, 2.05) is 6.07 Å². The Labute approximate surface area is 159 Å². The van der Waals surface area contributed by atoms with Gasteiger partial charge in [0.05, 0.1) is 0 Å². The maximum atomic E-state index is 13.2. The van der Waals surface area contributed by atoms with Gasteiger partial charge in [-0.3, -0.25) is 4.79 Å². The molecule has 3 rings (SSSR count). The first-order valence-corrected chi connectivity index (χ1v) is 9.95. The van der Waals surface area contributed by atoms with E-state index >= 15 is 0 Å². The van der Waals surface area contributed by atoms with Crippen molar-refractivity contribution in [3.05, 3.63) is 34.6 Å². The minimum atomic E-state index is -0.600. The number of nitrogens with one attached hydrogen (secondary N) is 1. The molecule has 26 heavy (non-hydrogen) atoms. The van der Waals surface area contributed by atoms with E-state index in [0.717, 1.165) is 44.2 Å². The fraction of sp³-hybridized carbons (Fsp3) is 0.650. The number of rotatable bonds is 6. The van der Waals surface area contributed by atoms with Crippen LogP contribution >= 0.6 is 11.6 Å². The van der Waals surface area contributed by atoms with Gasteiger partial charge >= 0.3 is 0 Å². The number of halogens is 2. The second-order valence-electron chi connectivity index (χ2n) is 7.66. The van der Waals surface area contributed by atoms with Gasteiger partial charge in [-0.2, -0.15) is 0 Å². The Kier molecular flexibility index (Phi) is 6.54. The van der Waals surface area contributed by atoms with Gasteiger partial charge in [0, 0.05) is 18.2 Å². The Morgan fingerprint density at radius 3 is 2.58 bits per heavy atom. The lowest BCUT2D eigenvalue weighted by molar-refractivity contribution is -0.128. The summed E-state index contributed by atoms with van der Waals surface area (Å²) in [6.07, 6.45) is 6.76. The first kappa shape index (κ1) is 19.6. The van der Waals surface area contributed by atoms with Crippen LogP contribution in [0.25, 0.3) is 0 Å². The number of hydrogen-bond acceptors (Lipinski definition) is 3. The molecule has 0 spiro atoms. The van der Waals surface area contributed by atoms with E-state index in [4.69, 9.17) is 22.1 Å². The summed E-state index contributed by atoms with van der Waals surface area (Å²) in [5.41, 5.74) is 6.10. The molecule has 2 aliphatic rings. The van der Waals surface area contributed by atoms with Gasteiger partial charge in [0.25, 0.3) is 0 Å². The Bertz CT molecular complexity index is 626. The monoisotopic (exact) mass is 382 g/mol. The van der Waals surface area contributed by atoms with E-state index < -0.39 is 5.54 Å². The van der Waals surface area contributed by atoms with Crippen LogP contribution in [0, 0.1) is 11.7 Å². The largest absolute Gasteiger partial charge is 0.381 e. The third kappa shape index (κ3) is 4.56. The van der Waals surface area contributed by atoms with Crippen LogP contribution in [0.1, 0.15) is 56.4 Å². The van der Waals surface area contributed by atoms with Gasteiger partial charge in [0.2, 0.25) is 5.91 Å². The Morgan fingerprint density at radius 2 is 1.96 bits per heavy atom. The van der Waals surface area contributed by atoms with E-state index in [0.29, 0.717) is 42.9 Å². The molecule has 144 valence electrons. The number of carbonyl (C=O) groups is 1. The highest BCUT2D eigenvalue weighted by Crippen LogP contribution is 2.39. The van der Waals surface area contributed by atoms with E-state index in [2.05, 4.69) is 5.32 Å². The molecule has 0 radical (unpaired) electrons. The molecule has 2 fully saturated rings. The highest BCUT2D eigenvalue weighted by atomic mass is 35.5. The third-order valence-corrected chi connectivity index (χ3v) is 6.41. The van der Waals surface area contributed by atoms with Crippen molar-refractivity contribution in [2.75, 3.05) is 19.8 Å². The second kappa shape index (κ2) is 8.68. The van der Waals surface area contributed by atoms with Crippen LogP contribution in [0.5, 0.6) is 0 Å². The van der Waals surface area contributed by atoms with Crippen LogP contribution in [-0.2, 0) is 9.53 Å². The third-order valence-electron chi connectivity index (χ3n) is 6.08. The minimum Gasteiger partial charge on any atom is -0.381 e. The molecular weight excluding hydrogens is 355 g/mol. The van der Waals surface area contributed by atoms with E-state index in [-0.39, 0.29) is 11.7 Å². The van der Waals surface area contributed by atoms with Crippen LogP contribution in [-0.4, -0.2) is 31.2 Å². The quantitative estimate of drug-likeness (QED) is 0.787. The Balaban J connectivity index is 1.46. The summed E-state index contributed by atoms with van der Waals surface area (Å²) >= 11 is 6.21. The van der Waals surface area contributed by atoms with Gasteiger partial charge in [-0.1, -0.05) is 17.7 Å². The van der Waals surface area contributed by atoms with Crippen LogP contribution in [0.15, 0.2) is 18.2 Å². The van der Waals surface area contributed by atoms with Gasteiger partial charge < -0.3 is 15.8 Å². The van der Waals surface area contributed by atoms with Crippen molar-refractivity contribution < 1.29 is 13.9 Å². The van der Waals surface area contributed by atoms with Crippen molar-refractivity contribution in [1.29, 1.82) is 0 Å². The molecule has 1 heterocycles. The van der Waals surface area contributed by atoms with Crippen molar-refractivity contribution in [2.45, 2.75) is 56.4 Å². The summed E-state index contributed by atoms with van der Waals surface area (Å²) in [6.45, 7) is 1.97. The maximum absolute atomic E-state index is 13.2. The Morgan fingerprint density at radius 1 is 1.27 bits per heavy atom. The van der Waals surface area contributed by atoms with Gasteiger partial charge in [-0.25, -0.2) is 4.39 Å². The molecule has 1 saturated carbocycles. The number of nitrogens with two attached hydrogens (primary N) is 1. The lowest BCUT2D eigenvalue weighted by Crippen LogP contribution is -2.58. The molecule has 1 saturated heterocycles. The summed E-state index contributed by atoms with van der Waals surface area (Å²) in [7, 11) is 0. The van der Waals surface area contributed by atoms with Gasteiger partial charge in [-0.05, 0) is 81.0 Å². The molecule has 0 bridgehead atoms. The minimum absolute atomic E-state index is 0.268. The van der Waals surface area contributed by atoms with E-state index in [9.17, 15) is 9.18 Å². The highest BCUT2D eigenvalue weighted by molar-refractivity contribution is 6.31. The maximum Gasteiger partial charge on any atom is 0.237 e. The first-order valence-electron chi connectivity index (χ1n) is 9.58. The number of primary amides is 1. The van der Waals surface area contributed by atoms with E-state index in [1.54, 1.807) is 0 Å². The number of amides is 1. The fourth-order valence-corrected chi connectivity index (χ4v) is 4.66. The second-order valence-corrected chi connectivity index (χ2v) is 8.06. The molecule has 4 nitrogen and oxygen atoms in total. The molecule has 6 heteroatoms. The summed E-state index contributed by atoms with van der Waals surface area (Å²) < 4.78 is 18.6. The molecule has 0 atom stereocenters. The summed E-state index contributed by atoms with van der Waals surface area (Å²) in [4.78, 5) is 11.9. The van der Waals surface area contributed by atoms with Crippen LogP contribution in [0.3, 0.4) is 0 Å². The molecule has 0 unspecified atom stereocenters. The van der Waals surface area contributed by atoms with Gasteiger partial charge in [0.15, 0.2) is 0 Å². The number of ether oxygens (including phenoxy) is 1. The van der Waals surface area contributed by atoms with Gasteiger partial charge in [0.1, 0.15) is 11.4 Å². The molecule has 3 N–H and O–H groups in total. The molecule has 1 aliphatic carbocycles. The van der Waals surface area contributed by atoms with Crippen molar-refractivity contribution in [2.24, 2.45) is 11.7 Å². The summed E-state index contributed by atoms with van der Waals surface area (Å²) in [5.74, 6) is 0.507. The number of carbonyl (C=O) groups excluding carboxylic acids is 1. The van der Waals surface area contributed by atoms with Crippen molar-refractivity contribution in [3.8, 4) is 0 Å². The smallest absolute Gasteiger partial charge is 0.237 e. The first-order chi connectivity index (χ1) is 12.5. The number of benzene rings is 1. The molecule has 1 aliphatic heterocycles. The molecular formula is C20H28ClFN2O2. The molecule has 0 aromatic heterocycles. The summed E-state index contributed by atoms with van der Waals surface area (Å²) in [6, 6.07) is 4.73.